The van der Waals surface area contributed by atoms with Crippen molar-refractivity contribution >= 4 is 52.1 Å². The van der Waals surface area contributed by atoms with Crippen LogP contribution in [-0.2, 0) is 4.79 Å². The molecule has 0 saturated carbocycles. The second-order valence-electron chi connectivity index (χ2n) is 7.25. The Kier molecular flexibility index (Phi) is 6.72. The van der Waals surface area contributed by atoms with Crippen LogP contribution in [-0.4, -0.2) is 42.8 Å². The fourth-order valence-corrected chi connectivity index (χ4v) is 4.21. The van der Waals surface area contributed by atoms with Crippen molar-refractivity contribution in [3.63, 3.8) is 0 Å². The molecule has 164 valence electrons. The molecule has 4 rings (SSSR count). The quantitative estimate of drug-likeness (QED) is 0.495. The van der Waals surface area contributed by atoms with Gasteiger partial charge in [-0.3, -0.25) is 9.79 Å². The molecule has 1 aliphatic heterocycles. The predicted molar refractivity (Wildman–Crippen MR) is 130 cm³/mol. The summed E-state index contributed by atoms with van der Waals surface area (Å²) in [4.78, 5) is 32.9. The summed E-state index contributed by atoms with van der Waals surface area (Å²) in [5, 5.41) is 10.8. The molecule has 32 heavy (non-hydrogen) atoms. The summed E-state index contributed by atoms with van der Waals surface area (Å²) in [6.45, 7) is 1.69. The molecule has 2 heterocycles. The molecule has 0 fully saturated rings. The molecule has 0 bridgehead atoms. The third-order valence-corrected chi connectivity index (χ3v) is 6.13. The van der Waals surface area contributed by atoms with Gasteiger partial charge in [0.25, 0.3) is 5.91 Å². The fraction of sp³-hybridized carbons (Fsp3) is 0.174. The number of carbonyl (C=O) groups excluding carboxylic acids is 2. The first-order valence-corrected chi connectivity index (χ1v) is 11.3. The fourth-order valence-electron chi connectivity index (χ4n) is 3.31. The van der Waals surface area contributed by atoms with E-state index in [9.17, 15) is 9.59 Å². The topological polar surface area (TPSA) is 85.8 Å². The molecule has 0 aliphatic carbocycles. The van der Waals surface area contributed by atoms with Gasteiger partial charge in [-0.1, -0.05) is 17.7 Å². The average molecular weight is 468 g/mol. The van der Waals surface area contributed by atoms with Gasteiger partial charge in [0.1, 0.15) is 11.9 Å². The van der Waals surface area contributed by atoms with Crippen LogP contribution in [0.2, 0.25) is 5.02 Å². The molecule has 0 saturated heterocycles. The van der Waals surface area contributed by atoms with Crippen LogP contribution in [0.1, 0.15) is 16.5 Å². The van der Waals surface area contributed by atoms with Crippen LogP contribution in [0.5, 0.6) is 0 Å². The van der Waals surface area contributed by atoms with E-state index < -0.39 is 12.1 Å². The zero-order valence-electron chi connectivity index (χ0n) is 17.3. The Bertz CT molecular complexity index is 1110. The molecule has 1 aromatic heterocycles. The van der Waals surface area contributed by atoms with Gasteiger partial charge in [0.2, 0.25) is 0 Å². The average Bonchev–Trinajstić information content (AvgIpc) is 3.46. The highest BCUT2D eigenvalue weighted by Gasteiger charge is 2.24. The van der Waals surface area contributed by atoms with E-state index in [1.165, 1.54) is 11.3 Å². The Morgan fingerprint density at radius 3 is 2.34 bits per heavy atom. The number of hydrogen-bond acceptors (Lipinski definition) is 5. The highest BCUT2D eigenvalue weighted by molar-refractivity contribution is 7.10. The number of amidine groups is 1. The monoisotopic (exact) mass is 467 g/mol. The van der Waals surface area contributed by atoms with Crippen molar-refractivity contribution in [3.05, 3.63) is 81.5 Å². The second-order valence-corrected chi connectivity index (χ2v) is 8.66. The highest BCUT2D eigenvalue weighted by Crippen LogP contribution is 2.22. The first kappa shape index (κ1) is 21.9. The van der Waals surface area contributed by atoms with Gasteiger partial charge >= 0.3 is 6.03 Å². The Balaban J connectivity index is 1.44. The summed E-state index contributed by atoms with van der Waals surface area (Å²) >= 11 is 7.28. The van der Waals surface area contributed by atoms with Crippen LogP contribution in [0.3, 0.4) is 0 Å². The van der Waals surface area contributed by atoms with Gasteiger partial charge in [0, 0.05) is 40.4 Å². The SMILES string of the molecule is CN1CCN=C1c1ccc(NC(=O)C(NC(=O)Nc2ccc(Cl)cc2)c2cccs2)cc1. The summed E-state index contributed by atoms with van der Waals surface area (Å²) in [7, 11) is 2.01. The van der Waals surface area contributed by atoms with Gasteiger partial charge in [-0.05, 0) is 60.0 Å². The highest BCUT2D eigenvalue weighted by atomic mass is 35.5. The van der Waals surface area contributed by atoms with E-state index in [-0.39, 0.29) is 5.91 Å². The van der Waals surface area contributed by atoms with Crippen molar-refractivity contribution in [2.75, 3.05) is 30.8 Å². The maximum Gasteiger partial charge on any atom is 0.320 e. The van der Waals surface area contributed by atoms with Gasteiger partial charge in [-0.15, -0.1) is 11.3 Å². The minimum absolute atomic E-state index is 0.332. The number of nitrogens with zero attached hydrogens (tertiary/aromatic N) is 2. The first-order chi connectivity index (χ1) is 15.5. The summed E-state index contributed by atoms with van der Waals surface area (Å²) in [5.41, 5.74) is 2.22. The zero-order valence-corrected chi connectivity index (χ0v) is 18.9. The summed E-state index contributed by atoms with van der Waals surface area (Å²) in [6.07, 6.45) is 0. The number of urea groups is 1. The number of halogens is 1. The molecular formula is C23H22ClN5O2S. The van der Waals surface area contributed by atoms with Crippen molar-refractivity contribution in [3.8, 4) is 0 Å². The second kappa shape index (κ2) is 9.84. The Morgan fingerprint density at radius 2 is 1.72 bits per heavy atom. The van der Waals surface area contributed by atoms with Crippen molar-refractivity contribution in [1.82, 2.24) is 10.2 Å². The van der Waals surface area contributed by atoms with Gasteiger partial charge in [-0.2, -0.15) is 0 Å². The lowest BCUT2D eigenvalue weighted by Crippen LogP contribution is -2.39. The molecule has 9 heteroatoms. The number of carbonyl (C=O) groups is 2. The summed E-state index contributed by atoms with van der Waals surface area (Å²) < 4.78 is 0. The number of thiophene rings is 1. The van der Waals surface area contributed by atoms with E-state index in [2.05, 4.69) is 25.8 Å². The zero-order chi connectivity index (χ0) is 22.5. The Hall–Kier alpha value is -3.36. The third-order valence-electron chi connectivity index (χ3n) is 4.94. The van der Waals surface area contributed by atoms with Crippen LogP contribution < -0.4 is 16.0 Å². The predicted octanol–water partition coefficient (Wildman–Crippen LogP) is 4.60. The van der Waals surface area contributed by atoms with E-state index in [1.54, 1.807) is 24.3 Å². The van der Waals surface area contributed by atoms with E-state index in [0.717, 1.165) is 29.4 Å². The van der Waals surface area contributed by atoms with E-state index in [1.807, 2.05) is 48.8 Å². The minimum Gasteiger partial charge on any atom is -0.358 e. The maximum absolute atomic E-state index is 13.0. The number of aliphatic imine (C=N–C) groups is 1. The largest absolute Gasteiger partial charge is 0.358 e. The molecule has 1 unspecified atom stereocenters. The Labute approximate surface area is 195 Å². The van der Waals surface area contributed by atoms with Crippen LogP contribution >= 0.6 is 22.9 Å². The molecule has 0 spiro atoms. The molecule has 3 amide bonds. The van der Waals surface area contributed by atoms with Crippen LogP contribution in [0.25, 0.3) is 0 Å². The van der Waals surface area contributed by atoms with E-state index >= 15 is 0 Å². The normalized spacial score (nSPS) is 13.9. The number of likely N-dealkylation sites (N-methyl/N-ethyl adjacent to an activating group) is 1. The van der Waals surface area contributed by atoms with Crippen molar-refractivity contribution < 1.29 is 9.59 Å². The number of anilines is 2. The van der Waals surface area contributed by atoms with Crippen molar-refractivity contribution in [2.24, 2.45) is 4.99 Å². The van der Waals surface area contributed by atoms with Crippen LogP contribution in [0.15, 0.2) is 71.0 Å². The smallest absolute Gasteiger partial charge is 0.320 e. The molecule has 3 aromatic rings. The molecule has 0 radical (unpaired) electrons. The number of benzene rings is 2. The lowest BCUT2D eigenvalue weighted by molar-refractivity contribution is -0.118. The number of amides is 3. The number of nitrogens with one attached hydrogen (secondary N) is 3. The van der Waals surface area contributed by atoms with Gasteiger partial charge < -0.3 is 20.9 Å². The first-order valence-electron chi connectivity index (χ1n) is 10.0. The van der Waals surface area contributed by atoms with Crippen molar-refractivity contribution in [2.45, 2.75) is 6.04 Å². The lowest BCUT2D eigenvalue weighted by atomic mass is 10.1. The standard InChI is InChI=1S/C23H22ClN5O2S/c1-29-13-12-25-21(29)15-4-8-17(9-5-15)26-22(30)20(19-3-2-14-32-19)28-23(31)27-18-10-6-16(24)7-11-18/h2-11,14,20H,12-13H2,1H3,(H,26,30)(H2,27,28,31). The van der Waals surface area contributed by atoms with Crippen molar-refractivity contribution in [1.29, 1.82) is 0 Å². The lowest BCUT2D eigenvalue weighted by Gasteiger charge is -2.18. The van der Waals surface area contributed by atoms with E-state index in [4.69, 9.17) is 11.6 Å². The molecule has 7 nitrogen and oxygen atoms in total. The number of hydrogen-bond donors (Lipinski definition) is 3. The summed E-state index contributed by atoms with van der Waals surface area (Å²) in [5.74, 6) is 0.613. The molecular weight excluding hydrogens is 446 g/mol. The van der Waals surface area contributed by atoms with Crippen LogP contribution in [0.4, 0.5) is 16.2 Å². The number of rotatable bonds is 6. The molecule has 2 aromatic carbocycles. The third kappa shape index (κ3) is 5.27. The minimum atomic E-state index is -0.840. The maximum atomic E-state index is 13.0. The van der Waals surface area contributed by atoms with Gasteiger partial charge in [-0.25, -0.2) is 4.79 Å². The molecule has 1 atom stereocenters. The molecule has 3 N–H and O–H groups in total. The van der Waals surface area contributed by atoms with E-state index in [0.29, 0.717) is 16.4 Å². The van der Waals surface area contributed by atoms with Gasteiger partial charge in [0.15, 0.2) is 0 Å². The Morgan fingerprint density at radius 1 is 1.03 bits per heavy atom. The van der Waals surface area contributed by atoms with Crippen LogP contribution in [0, 0.1) is 0 Å². The summed E-state index contributed by atoms with van der Waals surface area (Å²) in [6, 6.07) is 16.6. The van der Waals surface area contributed by atoms with Gasteiger partial charge in [0.05, 0.1) is 6.54 Å². The molecule has 1 aliphatic rings.